The minimum Gasteiger partial charge on any atom is -0.314 e. The van der Waals surface area contributed by atoms with E-state index in [1.807, 2.05) is 18.2 Å². The van der Waals surface area contributed by atoms with Crippen molar-refractivity contribution in [1.82, 2.24) is 5.32 Å². The second-order valence-electron chi connectivity index (χ2n) is 5.29. The van der Waals surface area contributed by atoms with Crippen molar-refractivity contribution in [3.63, 3.8) is 0 Å². The van der Waals surface area contributed by atoms with Crippen molar-refractivity contribution in [3.8, 4) is 0 Å². The molecule has 2 unspecified atom stereocenters. The van der Waals surface area contributed by atoms with Crippen molar-refractivity contribution in [2.45, 2.75) is 52.5 Å². The third-order valence-corrected chi connectivity index (χ3v) is 4.18. The molecule has 108 valence electrons. The summed E-state index contributed by atoms with van der Waals surface area (Å²) < 4.78 is 0. The summed E-state index contributed by atoms with van der Waals surface area (Å²) in [5.74, 6) is 0.732. The van der Waals surface area contributed by atoms with E-state index in [1.54, 1.807) is 0 Å². The molecule has 1 aromatic carbocycles. The van der Waals surface area contributed by atoms with Crippen LogP contribution in [0.4, 0.5) is 0 Å². The summed E-state index contributed by atoms with van der Waals surface area (Å²) in [5, 5.41) is 5.11. The second-order valence-corrected chi connectivity index (χ2v) is 6.10. The maximum absolute atomic E-state index is 6.26. The lowest BCUT2D eigenvalue weighted by Crippen LogP contribution is -2.32. The van der Waals surface area contributed by atoms with Crippen LogP contribution in [-0.2, 0) is 6.42 Å². The van der Waals surface area contributed by atoms with Crippen LogP contribution in [-0.4, -0.2) is 12.6 Å². The van der Waals surface area contributed by atoms with Crippen molar-refractivity contribution in [2.24, 2.45) is 5.92 Å². The lowest BCUT2D eigenvalue weighted by atomic mass is 9.93. The van der Waals surface area contributed by atoms with Gasteiger partial charge >= 0.3 is 0 Å². The zero-order chi connectivity index (χ0) is 14.3. The first-order valence-corrected chi connectivity index (χ1v) is 8.00. The minimum absolute atomic E-state index is 0.448. The van der Waals surface area contributed by atoms with Gasteiger partial charge in [-0.05, 0) is 43.0 Å². The van der Waals surface area contributed by atoms with Gasteiger partial charge < -0.3 is 5.32 Å². The first kappa shape index (κ1) is 16.8. The van der Waals surface area contributed by atoms with E-state index in [2.05, 4.69) is 26.1 Å². The fourth-order valence-corrected chi connectivity index (χ4v) is 3.15. The van der Waals surface area contributed by atoms with E-state index in [0.717, 1.165) is 34.5 Å². The Morgan fingerprint density at radius 3 is 2.32 bits per heavy atom. The van der Waals surface area contributed by atoms with Crippen LogP contribution in [0.25, 0.3) is 0 Å². The van der Waals surface area contributed by atoms with Gasteiger partial charge in [-0.3, -0.25) is 0 Å². The molecule has 0 bridgehead atoms. The smallest absolute Gasteiger partial charge is 0.0453 e. The number of likely N-dealkylation sites (N-methyl/N-ethyl adjacent to an activating group) is 1. The Balaban J connectivity index is 2.72. The van der Waals surface area contributed by atoms with E-state index in [-0.39, 0.29) is 0 Å². The number of nitrogens with one attached hydrogen (secondary N) is 1. The van der Waals surface area contributed by atoms with Crippen LogP contribution in [0.2, 0.25) is 10.0 Å². The summed E-state index contributed by atoms with van der Waals surface area (Å²) in [7, 11) is 0. The van der Waals surface area contributed by atoms with E-state index in [0.29, 0.717) is 6.04 Å². The predicted molar refractivity (Wildman–Crippen MR) is 86.3 cm³/mol. The summed E-state index contributed by atoms with van der Waals surface area (Å²) in [6, 6.07) is 6.18. The van der Waals surface area contributed by atoms with Gasteiger partial charge in [-0.15, -0.1) is 0 Å². The van der Waals surface area contributed by atoms with Crippen LogP contribution in [0.3, 0.4) is 0 Å². The van der Waals surface area contributed by atoms with Crippen LogP contribution in [0, 0.1) is 5.92 Å². The van der Waals surface area contributed by atoms with Crippen LogP contribution in [0.5, 0.6) is 0 Å². The van der Waals surface area contributed by atoms with Gasteiger partial charge in [0.15, 0.2) is 0 Å². The first-order chi connectivity index (χ1) is 9.08. The molecule has 0 aliphatic heterocycles. The molecule has 1 rings (SSSR count). The molecule has 0 spiro atoms. The molecule has 1 aromatic rings. The van der Waals surface area contributed by atoms with Crippen molar-refractivity contribution in [3.05, 3.63) is 33.8 Å². The molecule has 0 aliphatic carbocycles. The van der Waals surface area contributed by atoms with E-state index >= 15 is 0 Å². The lowest BCUT2D eigenvalue weighted by Gasteiger charge is -2.22. The molecule has 0 aromatic heterocycles. The molecule has 1 N–H and O–H groups in total. The minimum atomic E-state index is 0.448. The summed E-state index contributed by atoms with van der Waals surface area (Å²) in [4.78, 5) is 0. The van der Waals surface area contributed by atoms with Gasteiger partial charge in [-0.1, -0.05) is 62.9 Å². The summed E-state index contributed by atoms with van der Waals surface area (Å²) in [5.41, 5.74) is 1.07. The molecule has 2 atom stereocenters. The molecular weight excluding hydrogens is 277 g/mol. The highest BCUT2D eigenvalue weighted by Crippen LogP contribution is 2.27. The largest absolute Gasteiger partial charge is 0.314 e. The van der Waals surface area contributed by atoms with Crippen molar-refractivity contribution in [1.29, 1.82) is 0 Å². The number of hydrogen-bond acceptors (Lipinski definition) is 1. The number of rotatable bonds is 8. The van der Waals surface area contributed by atoms with Gasteiger partial charge in [0.1, 0.15) is 0 Å². The third kappa shape index (κ3) is 5.72. The third-order valence-electron chi connectivity index (χ3n) is 3.47. The zero-order valence-electron chi connectivity index (χ0n) is 12.2. The summed E-state index contributed by atoms with van der Waals surface area (Å²) in [6.07, 6.45) is 4.59. The van der Waals surface area contributed by atoms with Crippen LogP contribution in [0.15, 0.2) is 18.2 Å². The van der Waals surface area contributed by atoms with Crippen LogP contribution < -0.4 is 5.32 Å². The molecule has 19 heavy (non-hydrogen) atoms. The Bertz CT molecular complexity index is 359. The van der Waals surface area contributed by atoms with Crippen LogP contribution >= 0.6 is 23.2 Å². The van der Waals surface area contributed by atoms with Gasteiger partial charge in [0.25, 0.3) is 0 Å². The SMILES string of the molecule is CCCC(C)CC(Cc1c(Cl)cccc1Cl)NCC. The van der Waals surface area contributed by atoms with Gasteiger partial charge in [-0.25, -0.2) is 0 Å². The van der Waals surface area contributed by atoms with Gasteiger partial charge in [0, 0.05) is 16.1 Å². The Labute approximate surface area is 127 Å². The first-order valence-electron chi connectivity index (χ1n) is 7.24. The number of halogens is 2. The van der Waals surface area contributed by atoms with Crippen molar-refractivity contribution < 1.29 is 0 Å². The van der Waals surface area contributed by atoms with Gasteiger partial charge in [0.05, 0.1) is 0 Å². The average molecular weight is 302 g/mol. The van der Waals surface area contributed by atoms with E-state index in [4.69, 9.17) is 23.2 Å². The highest BCUT2D eigenvalue weighted by Gasteiger charge is 2.16. The number of benzene rings is 1. The van der Waals surface area contributed by atoms with E-state index < -0.39 is 0 Å². The second kappa shape index (κ2) is 8.84. The lowest BCUT2D eigenvalue weighted by molar-refractivity contribution is 0.385. The molecule has 0 heterocycles. The quantitative estimate of drug-likeness (QED) is 0.683. The molecule has 1 nitrogen and oxygen atoms in total. The topological polar surface area (TPSA) is 12.0 Å². The molecular formula is C16H25Cl2N. The Kier molecular flexibility index (Phi) is 7.82. The van der Waals surface area contributed by atoms with Crippen LogP contribution in [0.1, 0.15) is 45.6 Å². The van der Waals surface area contributed by atoms with Crippen molar-refractivity contribution in [2.75, 3.05) is 6.54 Å². The molecule has 3 heteroatoms. The molecule has 0 saturated carbocycles. The normalized spacial score (nSPS) is 14.4. The van der Waals surface area contributed by atoms with E-state index in [9.17, 15) is 0 Å². The zero-order valence-corrected chi connectivity index (χ0v) is 13.7. The molecule has 0 radical (unpaired) electrons. The molecule has 0 fully saturated rings. The fourth-order valence-electron chi connectivity index (χ4n) is 2.60. The standard InChI is InChI=1S/C16H25Cl2N/c1-4-7-12(3)10-13(19-5-2)11-14-15(17)8-6-9-16(14)18/h6,8-9,12-13,19H,4-5,7,10-11H2,1-3H3. The Hall–Kier alpha value is -0.240. The fraction of sp³-hybridized carbons (Fsp3) is 0.625. The molecule has 0 amide bonds. The Morgan fingerprint density at radius 1 is 1.16 bits per heavy atom. The average Bonchev–Trinajstić information content (AvgIpc) is 2.34. The van der Waals surface area contributed by atoms with Gasteiger partial charge in [-0.2, -0.15) is 0 Å². The Morgan fingerprint density at radius 2 is 1.79 bits per heavy atom. The van der Waals surface area contributed by atoms with Crippen molar-refractivity contribution >= 4 is 23.2 Å². The summed E-state index contributed by atoms with van der Waals surface area (Å²) >= 11 is 12.5. The highest BCUT2D eigenvalue weighted by atomic mass is 35.5. The molecule has 0 saturated heterocycles. The monoisotopic (exact) mass is 301 g/mol. The maximum Gasteiger partial charge on any atom is 0.0453 e. The predicted octanol–water partition coefficient (Wildman–Crippen LogP) is 5.34. The highest BCUT2D eigenvalue weighted by molar-refractivity contribution is 6.35. The maximum atomic E-state index is 6.26. The van der Waals surface area contributed by atoms with E-state index in [1.165, 1.54) is 19.3 Å². The summed E-state index contributed by atoms with van der Waals surface area (Å²) in [6.45, 7) is 7.68. The van der Waals surface area contributed by atoms with Gasteiger partial charge in [0.2, 0.25) is 0 Å². The number of hydrogen-bond donors (Lipinski definition) is 1. The molecule has 0 aliphatic rings.